The Labute approximate surface area is 183 Å². The molecule has 0 radical (unpaired) electrons. The van der Waals surface area contributed by atoms with Gasteiger partial charge in [0.1, 0.15) is 0 Å². The van der Waals surface area contributed by atoms with E-state index in [0.717, 1.165) is 50.4 Å². The molecule has 3 nitrogen and oxygen atoms in total. The molecule has 2 N–H and O–H groups in total. The van der Waals surface area contributed by atoms with E-state index in [1.807, 2.05) is 0 Å². The number of carboxylic acids is 1. The topological polar surface area (TPSA) is 57.5 Å². The van der Waals surface area contributed by atoms with Crippen molar-refractivity contribution >= 4 is 5.97 Å². The number of aliphatic hydroxyl groups excluding tert-OH is 1. The first kappa shape index (κ1) is 22.4. The van der Waals surface area contributed by atoms with E-state index in [0.29, 0.717) is 23.2 Å². The molecule has 4 aliphatic carbocycles. The van der Waals surface area contributed by atoms with Crippen molar-refractivity contribution < 1.29 is 15.0 Å². The summed E-state index contributed by atoms with van der Waals surface area (Å²) in [6.45, 7) is 9.31. The van der Waals surface area contributed by atoms with E-state index in [4.69, 9.17) is 0 Å². The summed E-state index contributed by atoms with van der Waals surface area (Å²) in [5.41, 5.74) is 1.69. The molecule has 3 saturated carbocycles. The lowest BCUT2D eigenvalue weighted by Gasteiger charge is -2.60. The number of fused-ring (bicyclic) bond motifs is 5. The molecule has 0 saturated heterocycles. The Morgan fingerprint density at radius 2 is 1.80 bits per heavy atom. The third-order valence-electron chi connectivity index (χ3n) is 10.3. The lowest BCUT2D eigenvalue weighted by atomic mass is 9.45. The summed E-state index contributed by atoms with van der Waals surface area (Å²) in [7, 11) is 0. The van der Waals surface area contributed by atoms with Gasteiger partial charge < -0.3 is 10.2 Å². The Morgan fingerprint density at radius 3 is 2.50 bits per heavy atom. The summed E-state index contributed by atoms with van der Waals surface area (Å²) >= 11 is 0. The van der Waals surface area contributed by atoms with Crippen LogP contribution >= 0.6 is 0 Å². The minimum atomic E-state index is -0.615. The van der Waals surface area contributed by atoms with Crippen LogP contribution in [-0.4, -0.2) is 22.3 Å². The molecule has 0 aromatic heterocycles. The fourth-order valence-electron chi connectivity index (χ4n) is 8.36. The van der Waals surface area contributed by atoms with Gasteiger partial charge in [-0.3, -0.25) is 4.79 Å². The minimum absolute atomic E-state index is 0.103. The van der Waals surface area contributed by atoms with Crippen LogP contribution in [0.2, 0.25) is 0 Å². The quantitative estimate of drug-likeness (QED) is 0.489. The van der Waals surface area contributed by atoms with Gasteiger partial charge in [0.2, 0.25) is 0 Å². The van der Waals surface area contributed by atoms with Crippen LogP contribution in [-0.2, 0) is 4.79 Å². The molecular weight excluding hydrogens is 372 g/mol. The maximum atomic E-state index is 12.1. The highest BCUT2D eigenvalue weighted by molar-refractivity contribution is 5.73. The van der Waals surface area contributed by atoms with Gasteiger partial charge in [-0.05, 0) is 98.2 Å². The lowest BCUT2D eigenvalue weighted by Crippen LogP contribution is -2.53. The molecule has 3 heteroatoms. The van der Waals surface area contributed by atoms with Gasteiger partial charge in [-0.25, -0.2) is 0 Å². The molecular formula is C27H44O3. The summed E-state index contributed by atoms with van der Waals surface area (Å²) < 4.78 is 0. The van der Waals surface area contributed by atoms with Crippen molar-refractivity contribution in [1.82, 2.24) is 0 Å². The first-order chi connectivity index (χ1) is 14.2. The fourth-order valence-corrected chi connectivity index (χ4v) is 8.36. The Hall–Kier alpha value is -0.830. The van der Waals surface area contributed by atoms with E-state index >= 15 is 0 Å². The Morgan fingerprint density at radius 1 is 1.07 bits per heavy atom. The summed E-state index contributed by atoms with van der Waals surface area (Å²) in [5, 5.41) is 20.6. The largest absolute Gasteiger partial charge is 0.481 e. The van der Waals surface area contributed by atoms with Gasteiger partial charge in [0.15, 0.2) is 0 Å². The van der Waals surface area contributed by atoms with E-state index in [2.05, 4.69) is 33.8 Å². The van der Waals surface area contributed by atoms with Gasteiger partial charge in [0, 0.05) is 0 Å². The maximum Gasteiger partial charge on any atom is 0.310 e. The number of allylic oxidation sites excluding steroid dienone is 1. The second-order valence-electron chi connectivity index (χ2n) is 12.2. The summed E-state index contributed by atoms with van der Waals surface area (Å²) in [6.07, 6.45) is 14.4. The predicted molar refractivity (Wildman–Crippen MR) is 121 cm³/mol. The second-order valence-corrected chi connectivity index (χ2v) is 12.2. The van der Waals surface area contributed by atoms with Gasteiger partial charge in [0.25, 0.3) is 0 Å². The molecule has 30 heavy (non-hydrogen) atoms. The zero-order chi connectivity index (χ0) is 21.7. The van der Waals surface area contributed by atoms with E-state index in [1.54, 1.807) is 0 Å². The molecule has 0 aromatic carbocycles. The second kappa shape index (κ2) is 8.26. The SMILES string of the molecule is CC(C)CCC[C@@H](C(=O)O)C1=CC[C@@]2(C)[C@H](CC[C@H]3[C@H]4CC[C@H](O)[C@]4(C)CC[C@@H]32)C1. The van der Waals surface area contributed by atoms with Gasteiger partial charge in [-0.2, -0.15) is 0 Å². The van der Waals surface area contributed by atoms with Gasteiger partial charge in [-0.1, -0.05) is 52.2 Å². The first-order valence-corrected chi connectivity index (χ1v) is 12.8. The average Bonchev–Trinajstić information content (AvgIpc) is 2.99. The Bertz CT molecular complexity index is 682. The van der Waals surface area contributed by atoms with Crippen molar-refractivity contribution in [1.29, 1.82) is 0 Å². The summed E-state index contributed by atoms with van der Waals surface area (Å²) in [6, 6.07) is 0. The molecule has 8 atom stereocenters. The highest BCUT2D eigenvalue weighted by Gasteiger charge is 2.59. The zero-order valence-corrected chi connectivity index (χ0v) is 19.7. The van der Waals surface area contributed by atoms with Crippen LogP contribution in [0.4, 0.5) is 0 Å². The van der Waals surface area contributed by atoms with Gasteiger partial charge in [-0.15, -0.1) is 0 Å². The number of hydrogen-bond donors (Lipinski definition) is 2. The molecule has 0 spiro atoms. The zero-order valence-electron chi connectivity index (χ0n) is 19.7. The number of carboxylic acid groups (broad SMARTS) is 1. The summed E-state index contributed by atoms with van der Waals surface area (Å²) in [5.74, 6) is 2.60. The van der Waals surface area contributed by atoms with E-state index in [-0.39, 0.29) is 17.4 Å². The van der Waals surface area contributed by atoms with Crippen molar-refractivity contribution in [3.8, 4) is 0 Å². The van der Waals surface area contributed by atoms with Gasteiger partial charge in [0.05, 0.1) is 12.0 Å². The molecule has 0 bridgehead atoms. The van der Waals surface area contributed by atoms with E-state index < -0.39 is 5.97 Å². The van der Waals surface area contributed by atoms with Crippen LogP contribution in [0, 0.1) is 46.3 Å². The molecule has 170 valence electrons. The molecule has 0 heterocycles. The normalized spacial score (nSPS) is 44.1. The fraction of sp³-hybridized carbons (Fsp3) is 0.889. The average molecular weight is 417 g/mol. The first-order valence-electron chi connectivity index (χ1n) is 12.8. The Kier molecular flexibility index (Phi) is 6.16. The third kappa shape index (κ3) is 3.67. The smallest absolute Gasteiger partial charge is 0.310 e. The molecule has 0 amide bonds. The van der Waals surface area contributed by atoms with Crippen LogP contribution in [0.25, 0.3) is 0 Å². The standard InChI is InChI=1S/C27H44O3/c1-17(2)6-5-7-20(25(29)30)18-12-14-26(3)19(16-18)8-9-21-22-10-11-24(28)27(22,4)15-13-23(21)26/h12,17,19-24,28H,5-11,13-16H2,1-4H3,(H,29,30)/t19-,20-,21+,22-,23+,24+,26+,27-/m1/s1. The highest BCUT2D eigenvalue weighted by atomic mass is 16.4. The van der Waals surface area contributed by atoms with Crippen LogP contribution in [0.1, 0.15) is 98.3 Å². The number of carbonyl (C=O) groups is 1. The van der Waals surface area contributed by atoms with Crippen molar-refractivity contribution in [3.05, 3.63) is 11.6 Å². The van der Waals surface area contributed by atoms with E-state index in [1.165, 1.54) is 37.7 Å². The van der Waals surface area contributed by atoms with Crippen molar-refractivity contribution in [2.45, 2.75) is 104 Å². The molecule has 0 aliphatic heterocycles. The molecule has 4 aliphatic rings. The van der Waals surface area contributed by atoms with Crippen molar-refractivity contribution in [3.63, 3.8) is 0 Å². The molecule has 0 aromatic rings. The lowest BCUT2D eigenvalue weighted by molar-refractivity contribution is -0.141. The maximum absolute atomic E-state index is 12.1. The number of rotatable bonds is 6. The number of aliphatic hydroxyl groups is 1. The Balaban J connectivity index is 1.50. The van der Waals surface area contributed by atoms with Crippen LogP contribution in [0.5, 0.6) is 0 Å². The monoisotopic (exact) mass is 416 g/mol. The van der Waals surface area contributed by atoms with Crippen LogP contribution < -0.4 is 0 Å². The van der Waals surface area contributed by atoms with Crippen LogP contribution in [0.15, 0.2) is 11.6 Å². The molecule has 3 fully saturated rings. The minimum Gasteiger partial charge on any atom is -0.481 e. The van der Waals surface area contributed by atoms with Crippen LogP contribution in [0.3, 0.4) is 0 Å². The number of hydrogen-bond acceptors (Lipinski definition) is 2. The highest BCUT2D eigenvalue weighted by Crippen LogP contribution is 2.66. The van der Waals surface area contributed by atoms with E-state index in [9.17, 15) is 15.0 Å². The molecule has 0 unspecified atom stereocenters. The summed E-state index contributed by atoms with van der Waals surface area (Å²) in [4.78, 5) is 12.1. The number of aliphatic carboxylic acids is 1. The third-order valence-corrected chi connectivity index (χ3v) is 10.3. The van der Waals surface area contributed by atoms with Crippen molar-refractivity contribution in [2.75, 3.05) is 0 Å². The predicted octanol–water partition coefficient (Wildman–Crippen LogP) is 6.45. The van der Waals surface area contributed by atoms with Gasteiger partial charge >= 0.3 is 5.97 Å². The van der Waals surface area contributed by atoms with Crippen molar-refractivity contribution in [2.24, 2.45) is 46.3 Å². The molecule has 4 rings (SSSR count).